The zero-order valence-electron chi connectivity index (χ0n) is 38.1. The number of alkyl halides is 2. The van der Waals surface area contributed by atoms with Crippen molar-refractivity contribution in [1.29, 1.82) is 0 Å². The first kappa shape index (κ1) is 50.4. The third kappa shape index (κ3) is 13.5. The van der Waals surface area contributed by atoms with E-state index in [0.29, 0.717) is 100 Å². The molecule has 0 spiro atoms. The van der Waals surface area contributed by atoms with E-state index in [0.717, 1.165) is 31.6 Å². The number of hydrogen-bond donors (Lipinski definition) is 2. The lowest BCUT2D eigenvalue weighted by Gasteiger charge is -2.35. The van der Waals surface area contributed by atoms with E-state index in [1.807, 2.05) is 28.5 Å². The average molecular weight is 941 g/mol. The highest BCUT2D eigenvalue weighted by atomic mass is 19.3. The Balaban J connectivity index is 0.000000246. The summed E-state index contributed by atoms with van der Waals surface area (Å²) < 4.78 is 87.7. The lowest BCUT2D eigenvalue weighted by Crippen LogP contribution is -2.49. The number of nitrogens with zero attached hydrogens (tertiary/aromatic N) is 8. The minimum atomic E-state index is -2.82. The van der Waals surface area contributed by atoms with Gasteiger partial charge >= 0.3 is 0 Å². The summed E-state index contributed by atoms with van der Waals surface area (Å²) in [6.45, 7) is 13.5. The number of nitrogens with one attached hydrogen (secondary N) is 2. The van der Waals surface area contributed by atoms with Gasteiger partial charge in [0.25, 0.3) is 12.3 Å². The van der Waals surface area contributed by atoms with Crippen molar-refractivity contribution >= 4 is 46.1 Å². The van der Waals surface area contributed by atoms with Gasteiger partial charge in [-0.25, -0.2) is 32.4 Å². The molecule has 2 aliphatic rings. The summed E-state index contributed by atoms with van der Waals surface area (Å²) in [5.41, 5.74) is 2.89. The molecule has 0 aliphatic carbocycles. The molecule has 3 aromatic carbocycles. The molecular formula is C46H57F5N10O6. The molecule has 7 rings (SSSR count). The van der Waals surface area contributed by atoms with Gasteiger partial charge in [-0.1, -0.05) is 31.5 Å². The molecule has 5 aromatic rings. The van der Waals surface area contributed by atoms with Crippen LogP contribution in [-0.2, 0) is 23.8 Å². The third-order valence-electron chi connectivity index (χ3n) is 10.9. The van der Waals surface area contributed by atoms with Crippen LogP contribution >= 0.6 is 0 Å². The van der Waals surface area contributed by atoms with Crippen molar-refractivity contribution in [3.8, 4) is 5.95 Å². The quantitative estimate of drug-likeness (QED) is 0.0477. The molecule has 0 saturated carbocycles. The van der Waals surface area contributed by atoms with Crippen LogP contribution in [0.5, 0.6) is 0 Å². The summed E-state index contributed by atoms with van der Waals surface area (Å²) in [5, 5.41) is 2.44. The van der Waals surface area contributed by atoms with Crippen molar-refractivity contribution in [2.24, 2.45) is 0 Å². The van der Waals surface area contributed by atoms with Gasteiger partial charge in [0.05, 0.1) is 60.5 Å². The number of aryl methyl sites for hydroxylation is 1. The number of hydroxylamine groups is 1. The number of unbranched alkanes of at least 4 members (excludes halogenated alkanes) is 1. The smallest absolute Gasteiger partial charge is 0.296 e. The number of aromatic nitrogens is 5. The molecule has 362 valence electrons. The van der Waals surface area contributed by atoms with Crippen LogP contribution < -0.4 is 20.6 Å². The number of amides is 2. The SMILES string of the molecule is CCCCOC(C)CCC(=O)N1CCN(c2nc(N3CCOCC3)nc(-n3c(C(F)F)nc4ccccc43)n2)CC1.CCOCCONC(=O)c1ccc(F)c(F)c1Nc1ccc(C)cc1F. The molecule has 16 nitrogen and oxygen atoms in total. The molecule has 0 radical (unpaired) electrons. The number of carbonyl (C=O) groups excluding carboxylic acids is 2. The molecule has 2 fully saturated rings. The molecule has 2 aromatic heterocycles. The lowest BCUT2D eigenvalue weighted by atomic mass is 10.1. The van der Waals surface area contributed by atoms with Crippen molar-refractivity contribution < 1.29 is 50.6 Å². The summed E-state index contributed by atoms with van der Waals surface area (Å²) in [6, 6.07) is 13.0. The van der Waals surface area contributed by atoms with E-state index in [1.54, 1.807) is 37.3 Å². The second kappa shape index (κ2) is 24.7. The zero-order valence-corrected chi connectivity index (χ0v) is 38.1. The van der Waals surface area contributed by atoms with Crippen LogP contribution in [0.2, 0.25) is 0 Å². The molecule has 0 bridgehead atoms. The Morgan fingerprint density at radius 1 is 0.821 bits per heavy atom. The number of fused-ring (bicyclic) bond motifs is 1. The van der Waals surface area contributed by atoms with E-state index >= 15 is 0 Å². The monoisotopic (exact) mass is 940 g/mol. The van der Waals surface area contributed by atoms with Crippen LogP contribution in [0, 0.1) is 24.4 Å². The fraction of sp³-hybridized carbons (Fsp3) is 0.478. The highest BCUT2D eigenvalue weighted by molar-refractivity contribution is 6.00. The Morgan fingerprint density at radius 2 is 1.52 bits per heavy atom. The molecular weight excluding hydrogens is 884 g/mol. The Bertz CT molecular complexity index is 2420. The number of carbonyl (C=O) groups is 2. The standard InChI is InChI=1S/C28H38F2N8O3.C18H19F3N2O3/c1-3-4-17-41-20(2)9-10-23(39)35-11-13-36(14-12-35)26-32-27(37-15-18-40-19-16-37)34-28(33-26)38-22-8-6-5-7-21(22)31-25(38)24(29)30;1-3-25-8-9-26-23-18(24)12-5-6-13(19)16(21)17(12)22-15-7-4-11(2)10-14(15)20/h5-8,20,24H,3-4,9-19H2,1-2H3;4-7,10,22H,3,8-9H2,1-2H3,(H,23,24). The maximum atomic E-state index is 14.2. The van der Waals surface area contributed by atoms with E-state index in [1.165, 1.54) is 16.7 Å². The van der Waals surface area contributed by atoms with Crippen molar-refractivity contribution in [2.45, 2.75) is 65.9 Å². The molecule has 1 atom stereocenters. The van der Waals surface area contributed by atoms with Gasteiger partial charge in [-0.15, -0.1) is 0 Å². The second-order valence-corrected chi connectivity index (χ2v) is 15.7. The van der Waals surface area contributed by atoms with Gasteiger partial charge in [0.2, 0.25) is 23.8 Å². The fourth-order valence-electron chi connectivity index (χ4n) is 7.18. The highest BCUT2D eigenvalue weighted by Crippen LogP contribution is 2.30. The average Bonchev–Trinajstić information content (AvgIpc) is 3.74. The van der Waals surface area contributed by atoms with Gasteiger partial charge in [-0.3, -0.25) is 19.0 Å². The number of imidazole rings is 1. The first-order valence-corrected chi connectivity index (χ1v) is 22.4. The van der Waals surface area contributed by atoms with Crippen molar-refractivity contribution in [3.05, 3.63) is 89.0 Å². The van der Waals surface area contributed by atoms with Crippen LogP contribution in [0.15, 0.2) is 54.6 Å². The number of halogens is 5. The van der Waals surface area contributed by atoms with Crippen LogP contribution in [-0.4, -0.2) is 126 Å². The third-order valence-corrected chi connectivity index (χ3v) is 10.9. The number of para-hydroxylation sites is 2. The molecule has 2 N–H and O–H groups in total. The number of ether oxygens (including phenoxy) is 3. The summed E-state index contributed by atoms with van der Waals surface area (Å²) in [4.78, 5) is 54.0. The number of benzene rings is 3. The second-order valence-electron chi connectivity index (χ2n) is 15.7. The first-order chi connectivity index (χ1) is 32.4. The van der Waals surface area contributed by atoms with Crippen LogP contribution in [0.4, 0.5) is 45.2 Å². The highest BCUT2D eigenvalue weighted by Gasteiger charge is 2.28. The zero-order chi connectivity index (χ0) is 47.9. The minimum absolute atomic E-state index is 0.0476. The molecule has 1 unspecified atom stereocenters. The number of morpholine rings is 1. The van der Waals surface area contributed by atoms with E-state index in [4.69, 9.17) is 24.0 Å². The van der Waals surface area contributed by atoms with Crippen LogP contribution in [0.25, 0.3) is 17.0 Å². The number of piperazine rings is 1. The van der Waals surface area contributed by atoms with Gasteiger partial charge in [0.15, 0.2) is 17.5 Å². The van der Waals surface area contributed by atoms with E-state index in [2.05, 4.69) is 32.7 Å². The summed E-state index contributed by atoms with van der Waals surface area (Å²) in [5.74, 6) is -3.37. The van der Waals surface area contributed by atoms with E-state index in [-0.39, 0.29) is 42.4 Å². The van der Waals surface area contributed by atoms with Crippen LogP contribution in [0.1, 0.15) is 74.6 Å². The predicted molar refractivity (Wildman–Crippen MR) is 241 cm³/mol. The van der Waals surface area contributed by atoms with Gasteiger partial charge in [-0.2, -0.15) is 15.0 Å². The molecule has 2 saturated heterocycles. The Kier molecular flexibility index (Phi) is 18.5. The summed E-state index contributed by atoms with van der Waals surface area (Å²) in [6.07, 6.45) is 0.462. The number of anilines is 4. The molecule has 21 heteroatoms. The Morgan fingerprint density at radius 3 is 2.21 bits per heavy atom. The normalized spacial score (nSPS) is 14.6. The van der Waals surface area contributed by atoms with Crippen molar-refractivity contribution in [1.82, 2.24) is 34.9 Å². The Labute approximate surface area is 385 Å². The predicted octanol–water partition coefficient (Wildman–Crippen LogP) is 7.47. The largest absolute Gasteiger partial charge is 0.379 e. The van der Waals surface area contributed by atoms with Gasteiger partial charge < -0.3 is 34.2 Å². The Hall–Kier alpha value is -6.03. The lowest BCUT2D eigenvalue weighted by molar-refractivity contribution is -0.132. The molecule has 4 heterocycles. The van der Waals surface area contributed by atoms with Crippen LogP contribution in [0.3, 0.4) is 0 Å². The fourth-order valence-corrected chi connectivity index (χ4v) is 7.18. The summed E-state index contributed by atoms with van der Waals surface area (Å²) in [7, 11) is 0. The molecule has 2 aliphatic heterocycles. The van der Waals surface area contributed by atoms with E-state index in [9.17, 15) is 31.5 Å². The molecule has 67 heavy (non-hydrogen) atoms. The van der Waals surface area contributed by atoms with Crippen molar-refractivity contribution in [3.63, 3.8) is 0 Å². The first-order valence-electron chi connectivity index (χ1n) is 22.4. The van der Waals surface area contributed by atoms with Gasteiger partial charge in [0, 0.05) is 58.9 Å². The van der Waals surface area contributed by atoms with Crippen molar-refractivity contribution in [2.75, 3.05) is 94.0 Å². The van der Waals surface area contributed by atoms with Gasteiger partial charge in [-0.05, 0) is 75.6 Å². The maximum Gasteiger partial charge on any atom is 0.296 e. The summed E-state index contributed by atoms with van der Waals surface area (Å²) >= 11 is 0. The minimum Gasteiger partial charge on any atom is -0.379 e. The topological polar surface area (TPSA) is 161 Å². The molecule has 2 amide bonds. The van der Waals surface area contributed by atoms with Gasteiger partial charge in [0.1, 0.15) is 5.82 Å². The maximum absolute atomic E-state index is 14.2. The number of hydrogen-bond acceptors (Lipinski definition) is 13. The number of rotatable bonds is 19. The van der Waals surface area contributed by atoms with E-state index < -0.39 is 41.3 Å².